The highest BCUT2D eigenvalue weighted by molar-refractivity contribution is 7.89. The molecule has 1 aromatic carbocycles. The molecule has 0 bridgehead atoms. The number of aryl methyl sites for hydroxylation is 1. The Labute approximate surface area is 174 Å². The van der Waals surface area contributed by atoms with Crippen LogP contribution in [-0.4, -0.2) is 52.5 Å². The number of halogens is 1. The fourth-order valence-corrected chi connectivity index (χ4v) is 5.21. The fourth-order valence-electron chi connectivity index (χ4n) is 3.64. The first-order valence-electron chi connectivity index (χ1n) is 9.26. The topological polar surface area (TPSA) is 82.3 Å². The van der Waals surface area contributed by atoms with Crippen molar-refractivity contribution in [2.45, 2.75) is 23.7 Å². The van der Waals surface area contributed by atoms with Crippen LogP contribution in [-0.2, 0) is 17.1 Å². The second-order valence-electron chi connectivity index (χ2n) is 7.06. The molecule has 0 aliphatic carbocycles. The number of hydrogen-bond donors (Lipinski definition) is 0. The van der Waals surface area contributed by atoms with Crippen LogP contribution in [0.2, 0.25) is 5.02 Å². The number of methoxy groups -OCH3 is 1. The van der Waals surface area contributed by atoms with Crippen molar-refractivity contribution in [3.8, 4) is 11.4 Å². The van der Waals surface area contributed by atoms with Gasteiger partial charge in [-0.1, -0.05) is 11.6 Å². The van der Waals surface area contributed by atoms with Crippen LogP contribution >= 0.6 is 11.6 Å². The summed E-state index contributed by atoms with van der Waals surface area (Å²) in [6, 6.07) is 5.11. The molecular formula is C19H22ClN5O3S. The number of benzene rings is 1. The summed E-state index contributed by atoms with van der Waals surface area (Å²) in [4.78, 5) is 0.152. The molecule has 0 radical (unpaired) electrons. The Bertz CT molecular complexity index is 1120. The molecule has 154 valence electrons. The van der Waals surface area contributed by atoms with Gasteiger partial charge in [0, 0.05) is 31.4 Å². The van der Waals surface area contributed by atoms with Crippen LogP contribution in [0.25, 0.3) is 5.69 Å². The van der Waals surface area contributed by atoms with Crippen molar-refractivity contribution in [3.05, 3.63) is 53.6 Å². The lowest BCUT2D eigenvalue weighted by molar-refractivity contribution is 0.319. The predicted octanol–water partition coefficient (Wildman–Crippen LogP) is 2.84. The average molecular weight is 436 g/mol. The fraction of sp³-hybridized carbons (Fsp3) is 0.368. The van der Waals surface area contributed by atoms with Crippen molar-refractivity contribution in [3.63, 3.8) is 0 Å². The maximum Gasteiger partial charge on any atom is 0.246 e. The van der Waals surface area contributed by atoms with Gasteiger partial charge in [-0.3, -0.25) is 4.68 Å². The molecule has 4 rings (SSSR count). The highest BCUT2D eigenvalue weighted by atomic mass is 35.5. The molecule has 1 saturated heterocycles. The molecule has 0 atom stereocenters. The van der Waals surface area contributed by atoms with Crippen LogP contribution < -0.4 is 4.74 Å². The van der Waals surface area contributed by atoms with Crippen LogP contribution in [0.3, 0.4) is 0 Å². The van der Waals surface area contributed by atoms with Crippen LogP contribution in [0.4, 0.5) is 0 Å². The van der Waals surface area contributed by atoms with Gasteiger partial charge in [-0.25, -0.2) is 13.1 Å². The van der Waals surface area contributed by atoms with Crippen molar-refractivity contribution in [1.82, 2.24) is 23.9 Å². The molecule has 1 aliphatic rings. The Morgan fingerprint density at radius 1 is 1.14 bits per heavy atom. The van der Waals surface area contributed by atoms with Gasteiger partial charge in [-0.15, -0.1) is 0 Å². The van der Waals surface area contributed by atoms with Crippen molar-refractivity contribution >= 4 is 21.6 Å². The molecule has 0 N–H and O–H groups in total. The van der Waals surface area contributed by atoms with Gasteiger partial charge >= 0.3 is 0 Å². The minimum absolute atomic E-state index is 0.152. The zero-order valence-corrected chi connectivity index (χ0v) is 17.8. The molecule has 8 nitrogen and oxygen atoms in total. The SMILES string of the molecule is COc1ccc(Cl)cc1-n1cc(S(=O)(=O)N2CCC(c3cnn(C)c3)CC2)cn1. The molecule has 0 unspecified atom stereocenters. The summed E-state index contributed by atoms with van der Waals surface area (Å²) in [5, 5.41) is 8.95. The lowest BCUT2D eigenvalue weighted by Crippen LogP contribution is -2.37. The molecule has 0 amide bonds. The number of rotatable bonds is 5. The van der Waals surface area contributed by atoms with E-state index in [-0.39, 0.29) is 4.90 Å². The van der Waals surface area contributed by atoms with Crippen LogP contribution in [0.1, 0.15) is 24.3 Å². The van der Waals surface area contributed by atoms with Crippen molar-refractivity contribution < 1.29 is 13.2 Å². The van der Waals surface area contributed by atoms with Crippen LogP contribution in [0.15, 0.2) is 47.9 Å². The smallest absolute Gasteiger partial charge is 0.246 e. The number of ether oxygens (including phenoxy) is 1. The summed E-state index contributed by atoms with van der Waals surface area (Å²) in [5.74, 6) is 0.882. The molecule has 10 heteroatoms. The Hall–Kier alpha value is -2.36. The second-order valence-corrected chi connectivity index (χ2v) is 9.44. The van der Waals surface area contributed by atoms with E-state index in [1.165, 1.54) is 21.4 Å². The highest BCUT2D eigenvalue weighted by Gasteiger charge is 2.31. The molecule has 3 aromatic rings. The maximum atomic E-state index is 13.1. The largest absolute Gasteiger partial charge is 0.494 e. The summed E-state index contributed by atoms with van der Waals surface area (Å²) in [5.41, 5.74) is 1.74. The van der Waals surface area contributed by atoms with E-state index in [1.807, 2.05) is 19.4 Å². The minimum Gasteiger partial charge on any atom is -0.494 e. The molecular weight excluding hydrogens is 414 g/mol. The quantitative estimate of drug-likeness (QED) is 0.615. The number of aromatic nitrogens is 4. The first-order chi connectivity index (χ1) is 13.9. The summed E-state index contributed by atoms with van der Waals surface area (Å²) in [6.07, 6.45) is 8.25. The zero-order chi connectivity index (χ0) is 20.6. The van der Waals surface area contributed by atoms with E-state index < -0.39 is 10.0 Å². The Morgan fingerprint density at radius 2 is 1.90 bits per heavy atom. The third kappa shape index (κ3) is 3.90. The molecule has 0 saturated carbocycles. The minimum atomic E-state index is -3.62. The van der Waals surface area contributed by atoms with E-state index in [9.17, 15) is 8.42 Å². The van der Waals surface area contributed by atoms with E-state index >= 15 is 0 Å². The third-order valence-electron chi connectivity index (χ3n) is 5.23. The molecule has 0 spiro atoms. The van der Waals surface area contributed by atoms with E-state index in [0.29, 0.717) is 35.5 Å². The van der Waals surface area contributed by atoms with Crippen LogP contribution in [0, 0.1) is 0 Å². The molecule has 3 heterocycles. The van der Waals surface area contributed by atoms with Gasteiger partial charge < -0.3 is 4.74 Å². The zero-order valence-electron chi connectivity index (χ0n) is 16.2. The predicted molar refractivity (Wildman–Crippen MR) is 109 cm³/mol. The lowest BCUT2D eigenvalue weighted by Gasteiger charge is -2.30. The number of nitrogens with zero attached hydrogens (tertiary/aromatic N) is 5. The van der Waals surface area contributed by atoms with Gasteiger partial charge in [0.05, 0.1) is 25.7 Å². The first-order valence-corrected chi connectivity index (χ1v) is 11.1. The van der Waals surface area contributed by atoms with Crippen molar-refractivity contribution in [1.29, 1.82) is 0 Å². The number of sulfonamides is 1. The number of piperidine rings is 1. The summed E-state index contributed by atoms with van der Waals surface area (Å²) < 4.78 is 36.3. The van der Waals surface area contributed by atoms with E-state index in [4.69, 9.17) is 16.3 Å². The van der Waals surface area contributed by atoms with Crippen molar-refractivity contribution in [2.24, 2.45) is 7.05 Å². The van der Waals surface area contributed by atoms with E-state index in [0.717, 1.165) is 18.4 Å². The lowest BCUT2D eigenvalue weighted by atomic mass is 9.93. The molecule has 1 fully saturated rings. The van der Waals surface area contributed by atoms with E-state index in [2.05, 4.69) is 10.2 Å². The van der Waals surface area contributed by atoms with Crippen molar-refractivity contribution in [2.75, 3.05) is 20.2 Å². The van der Waals surface area contributed by atoms with Gasteiger partial charge in [0.15, 0.2) is 0 Å². The van der Waals surface area contributed by atoms with Gasteiger partial charge in [-0.05, 0) is 42.5 Å². The first kappa shape index (κ1) is 19.9. The standard InChI is InChI=1S/C19H22ClN5O3S/c1-23-12-15(10-21-23)14-5-7-24(8-6-14)29(26,27)17-11-22-25(13-17)18-9-16(20)3-4-19(18)28-2/h3-4,9-14H,5-8H2,1-2H3. The van der Waals surface area contributed by atoms with Gasteiger partial charge in [0.2, 0.25) is 10.0 Å². The third-order valence-corrected chi connectivity index (χ3v) is 7.32. The summed E-state index contributed by atoms with van der Waals surface area (Å²) >= 11 is 6.08. The van der Waals surface area contributed by atoms with Gasteiger partial charge in [-0.2, -0.15) is 14.5 Å². The Balaban J connectivity index is 1.53. The molecule has 1 aliphatic heterocycles. The Morgan fingerprint density at radius 3 is 2.55 bits per heavy atom. The van der Waals surface area contributed by atoms with E-state index in [1.54, 1.807) is 30.0 Å². The monoisotopic (exact) mass is 435 g/mol. The highest BCUT2D eigenvalue weighted by Crippen LogP contribution is 2.31. The molecule has 2 aromatic heterocycles. The van der Waals surface area contributed by atoms with Gasteiger partial charge in [0.25, 0.3) is 0 Å². The maximum absolute atomic E-state index is 13.1. The molecule has 29 heavy (non-hydrogen) atoms. The van der Waals surface area contributed by atoms with Crippen LogP contribution in [0.5, 0.6) is 5.75 Å². The normalized spacial score (nSPS) is 16.2. The summed E-state index contributed by atoms with van der Waals surface area (Å²) in [7, 11) is -0.197. The number of hydrogen-bond acceptors (Lipinski definition) is 5. The Kier molecular flexibility index (Phi) is 5.37. The second kappa shape index (κ2) is 7.81. The average Bonchev–Trinajstić information content (AvgIpc) is 3.38. The van der Waals surface area contributed by atoms with Gasteiger partial charge in [0.1, 0.15) is 16.3 Å². The summed E-state index contributed by atoms with van der Waals surface area (Å²) in [6.45, 7) is 0.932.